The monoisotopic (exact) mass is 227 g/mol. The molecule has 2 N–H and O–H groups in total. The van der Waals surface area contributed by atoms with Crippen molar-refractivity contribution >= 4 is 32.4 Å². The molecule has 0 aromatic rings. The van der Waals surface area contributed by atoms with Gasteiger partial charge in [-0.1, -0.05) is 51.4 Å². The van der Waals surface area contributed by atoms with E-state index in [1.165, 1.54) is 0 Å². The minimum absolute atomic E-state index is 0.635. The zero-order valence-corrected chi connectivity index (χ0v) is 9.77. The van der Waals surface area contributed by atoms with Gasteiger partial charge in [-0.15, -0.1) is 0 Å². The number of hydrogen-bond acceptors (Lipinski definition) is 1. The van der Waals surface area contributed by atoms with Gasteiger partial charge in [0, 0.05) is 0 Å². The van der Waals surface area contributed by atoms with Crippen LogP contribution < -0.4 is 5.73 Å². The van der Waals surface area contributed by atoms with Crippen LogP contribution in [0.3, 0.4) is 0 Å². The molecule has 0 bridgehead atoms. The van der Waals surface area contributed by atoms with Crippen LogP contribution in [0, 0.1) is 0 Å². The van der Waals surface area contributed by atoms with Crippen molar-refractivity contribution in [2.45, 2.75) is 36.2 Å². The Hall–Kier alpha value is 0.550. The van der Waals surface area contributed by atoms with Crippen LogP contribution in [0.1, 0.15) is 32.1 Å². The number of allylic oxidation sites excluding steroid dienone is 1. The standard InChI is InChI=1S/C8H16Cl2NP/c9-8(10,12)6-4-2-1-3-5-7-11/h5,7H,1-4,6,11-12H2/b7-5-. The second kappa shape index (κ2) is 7.00. The molecule has 1 unspecified atom stereocenters. The number of alkyl halides is 2. The van der Waals surface area contributed by atoms with Gasteiger partial charge in [-0.05, 0) is 25.5 Å². The Balaban J connectivity index is 3.11. The average Bonchev–Trinajstić information content (AvgIpc) is 1.94. The first-order valence-corrected chi connectivity index (χ1v) is 5.43. The highest BCUT2D eigenvalue weighted by Gasteiger charge is 2.14. The summed E-state index contributed by atoms with van der Waals surface area (Å²) >= 11 is 11.5. The quantitative estimate of drug-likeness (QED) is 0.420. The third kappa shape index (κ3) is 10.6. The molecule has 1 atom stereocenters. The summed E-state index contributed by atoms with van der Waals surface area (Å²) in [6, 6.07) is 0. The van der Waals surface area contributed by atoms with E-state index in [2.05, 4.69) is 9.24 Å². The zero-order valence-electron chi connectivity index (χ0n) is 7.10. The highest BCUT2D eigenvalue weighted by atomic mass is 35.5. The summed E-state index contributed by atoms with van der Waals surface area (Å²) in [5.41, 5.74) is 5.19. The molecule has 0 radical (unpaired) electrons. The molecule has 0 saturated carbocycles. The van der Waals surface area contributed by atoms with Crippen molar-refractivity contribution in [3.8, 4) is 0 Å². The number of halogens is 2. The van der Waals surface area contributed by atoms with Gasteiger partial charge in [0.1, 0.15) is 4.07 Å². The molecule has 0 saturated heterocycles. The Morgan fingerprint density at radius 1 is 1.25 bits per heavy atom. The predicted octanol–water partition coefficient (Wildman–Crippen LogP) is 3.42. The molecule has 0 rings (SSSR count). The van der Waals surface area contributed by atoms with Crippen LogP contribution in [0.4, 0.5) is 0 Å². The number of nitrogens with two attached hydrogens (primary N) is 1. The molecule has 0 spiro atoms. The lowest BCUT2D eigenvalue weighted by Gasteiger charge is -2.11. The summed E-state index contributed by atoms with van der Waals surface area (Å²) in [6.45, 7) is 0. The summed E-state index contributed by atoms with van der Waals surface area (Å²) in [7, 11) is 2.42. The Kier molecular flexibility index (Phi) is 7.32. The third-order valence-corrected chi connectivity index (χ3v) is 2.18. The molecule has 0 amide bonds. The van der Waals surface area contributed by atoms with Crippen LogP contribution in [0.25, 0.3) is 0 Å². The number of hydrogen-bond donors (Lipinski definition) is 1. The molecule has 4 heteroatoms. The van der Waals surface area contributed by atoms with Gasteiger partial charge in [0.15, 0.2) is 0 Å². The van der Waals surface area contributed by atoms with Gasteiger partial charge >= 0.3 is 0 Å². The topological polar surface area (TPSA) is 26.0 Å². The first-order chi connectivity index (χ1) is 5.56. The molecule has 0 fully saturated rings. The molecule has 1 nitrogen and oxygen atoms in total. The van der Waals surface area contributed by atoms with Crippen LogP contribution in [0.2, 0.25) is 0 Å². The zero-order chi connectivity index (χ0) is 9.45. The molecule has 0 aliphatic rings. The highest BCUT2D eigenvalue weighted by Crippen LogP contribution is 2.34. The second-order valence-electron chi connectivity index (χ2n) is 2.79. The van der Waals surface area contributed by atoms with Crippen molar-refractivity contribution in [2.75, 3.05) is 0 Å². The summed E-state index contributed by atoms with van der Waals surface area (Å²) in [5, 5.41) is 0. The van der Waals surface area contributed by atoms with Gasteiger partial charge < -0.3 is 5.73 Å². The predicted molar refractivity (Wildman–Crippen MR) is 60.6 cm³/mol. The molecule has 0 heterocycles. The van der Waals surface area contributed by atoms with Gasteiger partial charge in [0.2, 0.25) is 0 Å². The molecule has 12 heavy (non-hydrogen) atoms. The lowest BCUT2D eigenvalue weighted by molar-refractivity contribution is 0.656. The van der Waals surface area contributed by atoms with E-state index in [0.29, 0.717) is 0 Å². The first-order valence-electron chi connectivity index (χ1n) is 4.10. The van der Waals surface area contributed by atoms with E-state index in [-0.39, 0.29) is 0 Å². The summed E-state index contributed by atoms with van der Waals surface area (Å²) < 4.78 is -0.635. The van der Waals surface area contributed by atoms with E-state index in [1.54, 1.807) is 6.20 Å². The normalized spacial score (nSPS) is 12.6. The van der Waals surface area contributed by atoms with Crippen molar-refractivity contribution in [3.63, 3.8) is 0 Å². The largest absolute Gasteiger partial charge is 0.405 e. The Morgan fingerprint density at radius 3 is 2.42 bits per heavy atom. The molecule has 72 valence electrons. The second-order valence-corrected chi connectivity index (χ2v) is 6.05. The fourth-order valence-corrected chi connectivity index (χ4v) is 1.37. The Labute approximate surface area is 86.9 Å². The maximum Gasteiger partial charge on any atom is 0.131 e. The fourth-order valence-electron chi connectivity index (χ4n) is 0.896. The van der Waals surface area contributed by atoms with Gasteiger partial charge in [-0.3, -0.25) is 0 Å². The molecule has 0 aromatic carbocycles. The maximum absolute atomic E-state index is 5.77. The van der Waals surface area contributed by atoms with Crippen molar-refractivity contribution < 1.29 is 0 Å². The molecular formula is C8H16Cl2NP. The average molecular weight is 228 g/mol. The van der Waals surface area contributed by atoms with Crippen molar-refractivity contribution in [3.05, 3.63) is 12.3 Å². The van der Waals surface area contributed by atoms with E-state index in [9.17, 15) is 0 Å². The molecule has 0 aliphatic heterocycles. The summed E-state index contributed by atoms with van der Waals surface area (Å²) in [6.07, 6.45) is 8.80. The van der Waals surface area contributed by atoms with E-state index >= 15 is 0 Å². The Bertz CT molecular complexity index is 132. The molecule has 0 aromatic heterocycles. The lowest BCUT2D eigenvalue weighted by atomic mass is 10.1. The van der Waals surface area contributed by atoms with Gasteiger partial charge in [0.25, 0.3) is 0 Å². The minimum atomic E-state index is -0.635. The number of rotatable bonds is 6. The lowest BCUT2D eigenvalue weighted by Crippen LogP contribution is -1.99. The smallest absolute Gasteiger partial charge is 0.131 e. The van der Waals surface area contributed by atoms with E-state index in [4.69, 9.17) is 28.9 Å². The maximum atomic E-state index is 5.77. The first kappa shape index (κ1) is 12.6. The van der Waals surface area contributed by atoms with E-state index < -0.39 is 4.07 Å². The van der Waals surface area contributed by atoms with Crippen LogP contribution in [-0.4, -0.2) is 4.07 Å². The highest BCUT2D eigenvalue weighted by molar-refractivity contribution is 7.27. The fraction of sp³-hybridized carbons (Fsp3) is 0.750. The summed E-state index contributed by atoms with van der Waals surface area (Å²) in [4.78, 5) is 0. The van der Waals surface area contributed by atoms with Crippen LogP contribution >= 0.6 is 32.4 Å². The molecular weight excluding hydrogens is 212 g/mol. The van der Waals surface area contributed by atoms with Crippen LogP contribution in [0.15, 0.2) is 12.3 Å². The number of unbranched alkanes of at least 4 members (excludes halogenated alkanes) is 3. The third-order valence-electron chi connectivity index (χ3n) is 1.52. The van der Waals surface area contributed by atoms with Gasteiger partial charge in [0.05, 0.1) is 0 Å². The van der Waals surface area contributed by atoms with Crippen LogP contribution in [-0.2, 0) is 0 Å². The van der Waals surface area contributed by atoms with Crippen molar-refractivity contribution in [2.24, 2.45) is 5.73 Å². The van der Waals surface area contributed by atoms with Crippen molar-refractivity contribution in [1.82, 2.24) is 0 Å². The van der Waals surface area contributed by atoms with E-state index in [1.807, 2.05) is 6.08 Å². The van der Waals surface area contributed by atoms with E-state index in [0.717, 1.165) is 32.1 Å². The van der Waals surface area contributed by atoms with Crippen molar-refractivity contribution in [1.29, 1.82) is 0 Å². The van der Waals surface area contributed by atoms with Crippen LogP contribution in [0.5, 0.6) is 0 Å². The van der Waals surface area contributed by atoms with Gasteiger partial charge in [-0.25, -0.2) is 0 Å². The Morgan fingerprint density at radius 2 is 1.92 bits per heavy atom. The SMILES string of the molecule is N/C=C\CCCCCC(P)(Cl)Cl. The molecule has 0 aliphatic carbocycles. The summed E-state index contributed by atoms with van der Waals surface area (Å²) in [5.74, 6) is 0. The van der Waals surface area contributed by atoms with Gasteiger partial charge in [-0.2, -0.15) is 0 Å². The minimum Gasteiger partial charge on any atom is -0.405 e.